The summed E-state index contributed by atoms with van der Waals surface area (Å²) in [4.78, 5) is 27.6. The Hall–Kier alpha value is -1.86. The lowest BCUT2D eigenvalue weighted by Gasteiger charge is -2.10. The highest BCUT2D eigenvalue weighted by atomic mass is 32.2. The minimum Gasteiger partial charge on any atom is -0.477 e. The molecular formula is C13H15N3O3S. The van der Waals surface area contributed by atoms with Crippen molar-refractivity contribution in [1.82, 2.24) is 9.55 Å². The molecule has 0 unspecified atom stereocenters. The molecule has 2 aromatic rings. The van der Waals surface area contributed by atoms with E-state index in [1.807, 2.05) is 6.92 Å². The number of carbonyl (C=O) groups is 1. The first-order chi connectivity index (χ1) is 9.58. The molecule has 0 spiro atoms. The molecule has 0 aliphatic heterocycles. The highest BCUT2D eigenvalue weighted by Gasteiger charge is 2.14. The van der Waals surface area contributed by atoms with E-state index in [1.54, 1.807) is 16.8 Å². The molecule has 20 heavy (non-hydrogen) atoms. The van der Waals surface area contributed by atoms with Crippen LogP contribution in [-0.4, -0.2) is 32.9 Å². The van der Waals surface area contributed by atoms with Crippen LogP contribution in [0.1, 0.15) is 17.3 Å². The maximum Gasteiger partial charge on any atom is 0.341 e. The van der Waals surface area contributed by atoms with Gasteiger partial charge in [-0.1, -0.05) is 0 Å². The number of aromatic carboxylic acids is 1. The van der Waals surface area contributed by atoms with E-state index in [-0.39, 0.29) is 5.56 Å². The Morgan fingerprint density at radius 2 is 2.30 bits per heavy atom. The molecule has 0 saturated heterocycles. The lowest BCUT2D eigenvalue weighted by atomic mass is 10.2. The summed E-state index contributed by atoms with van der Waals surface area (Å²) in [7, 11) is 0. The van der Waals surface area contributed by atoms with E-state index in [1.165, 1.54) is 18.0 Å². The zero-order valence-corrected chi connectivity index (χ0v) is 11.8. The number of carboxylic acid groups (broad SMARTS) is 1. The molecule has 7 heteroatoms. The molecule has 3 N–H and O–H groups in total. The van der Waals surface area contributed by atoms with Crippen LogP contribution >= 0.6 is 11.8 Å². The number of pyridine rings is 2. The zero-order chi connectivity index (χ0) is 14.7. The summed E-state index contributed by atoms with van der Waals surface area (Å²) in [6.45, 7) is 2.96. The van der Waals surface area contributed by atoms with Crippen molar-refractivity contribution in [3.63, 3.8) is 0 Å². The van der Waals surface area contributed by atoms with Crippen LogP contribution in [0, 0.1) is 0 Å². The van der Waals surface area contributed by atoms with Crippen LogP contribution in [0.4, 0.5) is 0 Å². The molecule has 0 atom stereocenters. The van der Waals surface area contributed by atoms with Crippen molar-refractivity contribution in [2.75, 3.05) is 12.3 Å². The number of hydrogen-bond acceptors (Lipinski definition) is 5. The molecule has 0 saturated carbocycles. The number of thioether (sulfide) groups is 1. The number of carboxylic acids is 1. The molecular weight excluding hydrogens is 278 g/mol. The van der Waals surface area contributed by atoms with Gasteiger partial charge < -0.3 is 15.4 Å². The number of aromatic nitrogens is 2. The third-order valence-corrected chi connectivity index (χ3v) is 3.84. The van der Waals surface area contributed by atoms with E-state index in [4.69, 9.17) is 10.8 Å². The standard InChI is InChI=1S/C13H15N3O3S/c1-2-16-7-9(13(18)19)12(17)8-5-11(20-4-3-14)15-6-10(8)16/h5-7H,2-4,14H2,1H3,(H,18,19). The normalized spacial score (nSPS) is 10.9. The molecule has 0 aromatic carbocycles. The molecule has 2 rings (SSSR count). The van der Waals surface area contributed by atoms with Gasteiger partial charge in [0, 0.05) is 25.0 Å². The maximum absolute atomic E-state index is 12.2. The van der Waals surface area contributed by atoms with Gasteiger partial charge in [0.05, 0.1) is 22.1 Å². The van der Waals surface area contributed by atoms with Gasteiger partial charge in [0.1, 0.15) is 5.56 Å². The van der Waals surface area contributed by atoms with Crippen LogP contribution < -0.4 is 11.2 Å². The summed E-state index contributed by atoms with van der Waals surface area (Å²) in [5.74, 6) is -0.522. The number of fused-ring (bicyclic) bond motifs is 1. The van der Waals surface area contributed by atoms with Gasteiger partial charge in [-0.15, -0.1) is 11.8 Å². The summed E-state index contributed by atoms with van der Waals surface area (Å²) in [6.07, 6.45) is 2.96. The largest absolute Gasteiger partial charge is 0.477 e. The van der Waals surface area contributed by atoms with Crippen molar-refractivity contribution >= 4 is 28.6 Å². The quantitative estimate of drug-likeness (QED) is 0.803. The highest BCUT2D eigenvalue weighted by Crippen LogP contribution is 2.19. The van der Waals surface area contributed by atoms with Crippen LogP contribution in [0.3, 0.4) is 0 Å². The second-order valence-electron chi connectivity index (χ2n) is 4.14. The lowest BCUT2D eigenvalue weighted by molar-refractivity contribution is 0.0695. The van der Waals surface area contributed by atoms with Gasteiger partial charge in [0.25, 0.3) is 0 Å². The van der Waals surface area contributed by atoms with Gasteiger partial charge in [0.15, 0.2) is 0 Å². The van der Waals surface area contributed by atoms with Crippen molar-refractivity contribution < 1.29 is 9.90 Å². The van der Waals surface area contributed by atoms with Crippen LogP contribution in [0.2, 0.25) is 0 Å². The Balaban J connectivity index is 2.68. The average molecular weight is 293 g/mol. The first-order valence-electron chi connectivity index (χ1n) is 6.17. The topological polar surface area (TPSA) is 98.2 Å². The smallest absolute Gasteiger partial charge is 0.341 e. The molecule has 2 aromatic heterocycles. The van der Waals surface area contributed by atoms with Crippen molar-refractivity contribution in [3.05, 3.63) is 34.2 Å². The van der Waals surface area contributed by atoms with E-state index in [0.717, 1.165) is 0 Å². The monoisotopic (exact) mass is 293 g/mol. The third kappa shape index (κ3) is 2.68. The van der Waals surface area contributed by atoms with Crippen LogP contribution in [0.15, 0.2) is 28.3 Å². The van der Waals surface area contributed by atoms with Gasteiger partial charge in [0.2, 0.25) is 5.43 Å². The Morgan fingerprint density at radius 3 is 2.90 bits per heavy atom. The van der Waals surface area contributed by atoms with Crippen LogP contribution in [0.5, 0.6) is 0 Å². The second-order valence-corrected chi connectivity index (χ2v) is 5.26. The average Bonchev–Trinajstić information content (AvgIpc) is 2.45. The first kappa shape index (κ1) is 14.5. The Bertz CT molecular complexity index is 712. The third-order valence-electron chi connectivity index (χ3n) is 2.88. The molecule has 6 nitrogen and oxygen atoms in total. The predicted octanol–water partition coefficient (Wildman–Crippen LogP) is 1.17. The fraction of sp³-hybridized carbons (Fsp3) is 0.308. The summed E-state index contributed by atoms with van der Waals surface area (Å²) >= 11 is 1.44. The van der Waals surface area contributed by atoms with Crippen molar-refractivity contribution in [2.45, 2.75) is 18.5 Å². The number of nitrogens with two attached hydrogens (primary N) is 1. The predicted molar refractivity (Wildman–Crippen MR) is 78.4 cm³/mol. The SMILES string of the molecule is CCn1cc(C(=O)O)c(=O)c2cc(SCCN)ncc21. The highest BCUT2D eigenvalue weighted by molar-refractivity contribution is 7.99. The molecule has 0 aliphatic rings. The number of aryl methyl sites for hydroxylation is 1. The molecule has 0 aliphatic carbocycles. The number of nitrogens with zero attached hydrogens (tertiary/aromatic N) is 2. The van der Waals surface area contributed by atoms with Crippen LogP contribution in [-0.2, 0) is 6.54 Å². The fourth-order valence-corrected chi connectivity index (χ4v) is 2.58. The van der Waals surface area contributed by atoms with Crippen molar-refractivity contribution in [3.8, 4) is 0 Å². The summed E-state index contributed by atoms with van der Waals surface area (Å²) < 4.78 is 1.71. The van der Waals surface area contributed by atoms with E-state index in [9.17, 15) is 9.59 Å². The second kappa shape index (κ2) is 6.06. The molecule has 0 bridgehead atoms. The maximum atomic E-state index is 12.2. The fourth-order valence-electron chi connectivity index (χ4n) is 1.93. The van der Waals surface area contributed by atoms with Crippen molar-refractivity contribution in [1.29, 1.82) is 0 Å². The summed E-state index contributed by atoms with van der Waals surface area (Å²) in [6, 6.07) is 1.64. The Kier molecular flexibility index (Phi) is 4.41. The number of hydrogen-bond donors (Lipinski definition) is 2. The van der Waals surface area contributed by atoms with Gasteiger partial charge in [-0.25, -0.2) is 9.78 Å². The molecule has 0 radical (unpaired) electrons. The minimum absolute atomic E-state index is 0.222. The minimum atomic E-state index is -1.22. The van der Waals surface area contributed by atoms with Crippen molar-refractivity contribution in [2.24, 2.45) is 5.73 Å². The van der Waals surface area contributed by atoms with Crippen LogP contribution in [0.25, 0.3) is 10.9 Å². The van der Waals surface area contributed by atoms with Gasteiger partial charge in [-0.3, -0.25) is 4.79 Å². The van der Waals surface area contributed by atoms with E-state index < -0.39 is 11.4 Å². The molecule has 0 fully saturated rings. The number of rotatable bonds is 5. The first-order valence-corrected chi connectivity index (χ1v) is 7.16. The Morgan fingerprint density at radius 1 is 1.55 bits per heavy atom. The lowest BCUT2D eigenvalue weighted by Crippen LogP contribution is -2.19. The zero-order valence-electron chi connectivity index (χ0n) is 11.0. The molecule has 2 heterocycles. The van der Waals surface area contributed by atoms with Gasteiger partial charge in [-0.2, -0.15) is 0 Å². The Labute approximate surface area is 119 Å². The molecule has 0 amide bonds. The molecule has 106 valence electrons. The summed E-state index contributed by atoms with van der Waals surface area (Å²) in [5.41, 5.74) is 5.38. The van der Waals surface area contributed by atoms with Gasteiger partial charge >= 0.3 is 5.97 Å². The van der Waals surface area contributed by atoms with E-state index >= 15 is 0 Å². The van der Waals surface area contributed by atoms with E-state index in [2.05, 4.69) is 4.98 Å². The van der Waals surface area contributed by atoms with Gasteiger partial charge in [-0.05, 0) is 13.0 Å². The van der Waals surface area contributed by atoms with E-state index in [0.29, 0.717) is 34.8 Å². The summed E-state index contributed by atoms with van der Waals surface area (Å²) in [5, 5.41) is 10.2.